The topological polar surface area (TPSA) is 135 Å². The fraction of sp³-hybridized carbons (Fsp3) is 0.429. The van der Waals surface area contributed by atoms with Crippen LogP contribution in [0.5, 0.6) is 5.75 Å². The van der Waals surface area contributed by atoms with Crippen LogP contribution >= 0.6 is 0 Å². The minimum Gasteiger partial charge on any atom is -0.444 e. The van der Waals surface area contributed by atoms with E-state index in [1.165, 1.54) is 0 Å². The number of amides is 1. The number of anilines is 2. The number of hydrogen-bond donors (Lipinski definition) is 2. The molecular weight excluding hydrogens is 616 g/mol. The molecule has 2 aromatic carbocycles. The van der Waals surface area contributed by atoms with Crippen molar-refractivity contribution in [3.8, 4) is 5.75 Å². The Labute approximate surface area is 278 Å². The van der Waals surface area contributed by atoms with Crippen LogP contribution in [-0.2, 0) is 14.8 Å². The molecule has 2 heterocycles. The summed E-state index contributed by atoms with van der Waals surface area (Å²) in [7, 11) is -3.50. The van der Waals surface area contributed by atoms with Gasteiger partial charge in [-0.2, -0.15) is 0 Å². The van der Waals surface area contributed by atoms with Crippen molar-refractivity contribution in [2.24, 2.45) is 10.9 Å². The number of rotatable bonds is 11. The quantitative estimate of drug-likeness (QED) is 0.125. The van der Waals surface area contributed by atoms with Crippen molar-refractivity contribution in [3.05, 3.63) is 71.9 Å². The summed E-state index contributed by atoms with van der Waals surface area (Å²) < 4.78 is 40.0. The average Bonchev–Trinajstić information content (AvgIpc) is 3.00. The third-order valence-electron chi connectivity index (χ3n) is 7.71. The van der Waals surface area contributed by atoms with Gasteiger partial charge in [0.1, 0.15) is 11.4 Å². The monoisotopic (exact) mass is 662 g/mol. The van der Waals surface area contributed by atoms with Crippen molar-refractivity contribution < 1.29 is 22.7 Å². The van der Waals surface area contributed by atoms with Gasteiger partial charge in [-0.05, 0) is 77.8 Å². The van der Waals surface area contributed by atoms with E-state index in [2.05, 4.69) is 33.7 Å². The number of carbonyl (C=O) groups is 1. The number of ether oxygens (including phenoxy) is 2. The lowest BCUT2D eigenvalue weighted by Gasteiger charge is -2.38. The lowest BCUT2D eigenvalue weighted by Crippen LogP contribution is -2.50. The van der Waals surface area contributed by atoms with Gasteiger partial charge >= 0.3 is 6.09 Å². The molecule has 0 bridgehead atoms. The zero-order chi connectivity index (χ0) is 34.4. The summed E-state index contributed by atoms with van der Waals surface area (Å²) in [4.78, 5) is 28.0. The first-order valence-corrected chi connectivity index (χ1v) is 17.5. The van der Waals surface area contributed by atoms with Gasteiger partial charge in [0.15, 0.2) is 0 Å². The van der Waals surface area contributed by atoms with Crippen LogP contribution in [0, 0.1) is 12.8 Å². The Hall–Kier alpha value is -4.45. The van der Waals surface area contributed by atoms with E-state index in [9.17, 15) is 13.2 Å². The Morgan fingerprint density at radius 3 is 2.64 bits per heavy atom. The van der Waals surface area contributed by atoms with Crippen LogP contribution < -0.4 is 14.8 Å². The predicted molar refractivity (Wildman–Crippen MR) is 189 cm³/mol. The number of fused-ring (bicyclic) bond motifs is 1. The minimum atomic E-state index is -3.50. The lowest BCUT2D eigenvalue weighted by molar-refractivity contribution is 0.0176. The number of aryl methyl sites for hydroxylation is 1. The molecule has 2 unspecified atom stereocenters. The largest absolute Gasteiger partial charge is 0.444 e. The molecule has 1 aromatic heterocycles. The number of aliphatic imine (C=N–C) groups is 1. The van der Waals surface area contributed by atoms with E-state index in [4.69, 9.17) is 14.5 Å². The van der Waals surface area contributed by atoms with Crippen LogP contribution in [0.3, 0.4) is 0 Å². The first-order chi connectivity index (χ1) is 22.2. The van der Waals surface area contributed by atoms with Crippen molar-refractivity contribution in [1.82, 2.24) is 14.9 Å². The van der Waals surface area contributed by atoms with E-state index in [1.807, 2.05) is 71.9 Å². The van der Waals surface area contributed by atoms with Crippen LogP contribution in [0.2, 0.25) is 0 Å². The normalized spacial score (nSPS) is 17.7. The highest BCUT2D eigenvalue weighted by Gasteiger charge is 2.32. The Balaban J connectivity index is 1.67. The second-order valence-electron chi connectivity index (χ2n) is 12.7. The van der Waals surface area contributed by atoms with E-state index in [0.29, 0.717) is 58.9 Å². The number of nitrogens with one attached hydrogen (secondary N) is 2. The first kappa shape index (κ1) is 35.4. The zero-order valence-corrected chi connectivity index (χ0v) is 29.1. The molecule has 2 N–H and O–H groups in total. The molecule has 3 aromatic rings. The number of sulfonamides is 1. The highest BCUT2D eigenvalue weighted by atomic mass is 32.2. The van der Waals surface area contributed by atoms with E-state index in [-0.39, 0.29) is 29.7 Å². The summed E-state index contributed by atoms with van der Waals surface area (Å²) in [6.07, 6.45) is 6.34. The van der Waals surface area contributed by atoms with Gasteiger partial charge < -0.3 is 19.7 Å². The molecule has 252 valence electrons. The Kier molecular flexibility index (Phi) is 11.3. The SMILES string of the molecule is C=N/C(Oc1c(C)ccc2c(NS(=O)(=O)CCC)cccc12)=C(\C=C/C)c1ccnc(NC2CN(C(=O)OC(C)(C)C)CCC2C)n1. The number of nitrogens with zero attached hydrogens (tertiary/aromatic N) is 4. The van der Waals surface area contributed by atoms with Gasteiger partial charge in [0.25, 0.3) is 0 Å². The van der Waals surface area contributed by atoms with Crippen molar-refractivity contribution in [2.75, 3.05) is 28.9 Å². The number of hydrogen-bond acceptors (Lipinski definition) is 9. The van der Waals surface area contributed by atoms with Gasteiger partial charge in [-0.25, -0.2) is 28.2 Å². The summed E-state index contributed by atoms with van der Waals surface area (Å²) in [6, 6.07) is 10.8. The van der Waals surface area contributed by atoms with Gasteiger partial charge in [0.05, 0.1) is 22.7 Å². The van der Waals surface area contributed by atoms with Crippen LogP contribution in [0.4, 0.5) is 16.4 Å². The fourth-order valence-corrected chi connectivity index (χ4v) is 6.50. The molecule has 1 aliphatic rings. The second-order valence-corrected chi connectivity index (χ2v) is 14.6. The molecule has 47 heavy (non-hydrogen) atoms. The molecule has 1 saturated heterocycles. The molecule has 1 amide bonds. The van der Waals surface area contributed by atoms with Crippen molar-refractivity contribution in [1.29, 1.82) is 0 Å². The molecule has 0 aliphatic carbocycles. The molecule has 2 atom stereocenters. The number of aromatic nitrogens is 2. The van der Waals surface area contributed by atoms with Gasteiger partial charge in [-0.1, -0.05) is 50.3 Å². The summed E-state index contributed by atoms with van der Waals surface area (Å²) in [6.45, 7) is 18.2. The second kappa shape index (κ2) is 15.0. The predicted octanol–water partition coefficient (Wildman–Crippen LogP) is 7.17. The summed E-state index contributed by atoms with van der Waals surface area (Å²) >= 11 is 0. The van der Waals surface area contributed by atoms with Gasteiger partial charge in [-0.15, -0.1) is 0 Å². The van der Waals surface area contributed by atoms with Gasteiger partial charge in [0, 0.05) is 36.1 Å². The maximum Gasteiger partial charge on any atom is 0.410 e. The first-order valence-electron chi connectivity index (χ1n) is 15.9. The molecule has 12 heteroatoms. The zero-order valence-electron chi connectivity index (χ0n) is 28.3. The highest BCUT2D eigenvalue weighted by molar-refractivity contribution is 7.92. The van der Waals surface area contributed by atoms with E-state index in [0.717, 1.165) is 12.0 Å². The third-order valence-corrected chi connectivity index (χ3v) is 9.19. The van der Waals surface area contributed by atoms with Crippen LogP contribution in [0.25, 0.3) is 16.3 Å². The number of likely N-dealkylation sites (tertiary alicyclic amines) is 1. The van der Waals surface area contributed by atoms with E-state index in [1.54, 1.807) is 29.3 Å². The molecule has 1 aliphatic heterocycles. The number of allylic oxidation sites excluding steroid dienone is 3. The maximum atomic E-state index is 12.8. The summed E-state index contributed by atoms with van der Waals surface area (Å²) in [5, 5.41) is 4.84. The Morgan fingerprint density at radius 1 is 1.19 bits per heavy atom. The van der Waals surface area contributed by atoms with E-state index < -0.39 is 15.6 Å². The molecule has 4 rings (SSSR count). The minimum absolute atomic E-state index is 0.0238. The van der Waals surface area contributed by atoms with Crippen LogP contribution in [0.15, 0.2) is 65.6 Å². The molecule has 11 nitrogen and oxygen atoms in total. The Morgan fingerprint density at radius 2 is 1.96 bits per heavy atom. The Bertz CT molecular complexity index is 1780. The maximum absolute atomic E-state index is 12.8. The molecular formula is C35H46N6O5S. The van der Waals surface area contributed by atoms with Gasteiger partial charge in [0.2, 0.25) is 21.9 Å². The molecule has 0 radical (unpaired) electrons. The highest BCUT2D eigenvalue weighted by Crippen LogP contribution is 2.36. The van der Waals surface area contributed by atoms with Crippen molar-refractivity contribution >= 4 is 50.8 Å². The summed E-state index contributed by atoms with van der Waals surface area (Å²) in [5.41, 5.74) is 1.87. The van der Waals surface area contributed by atoms with Crippen LogP contribution in [0.1, 0.15) is 65.6 Å². The number of carbonyl (C=O) groups excluding carboxylic acids is 1. The van der Waals surface area contributed by atoms with Crippen molar-refractivity contribution in [2.45, 2.75) is 73.0 Å². The lowest BCUT2D eigenvalue weighted by atomic mass is 9.94. The average molecular weight is 663 g/mol. The molecule has 0 saturated carbocycles. The molecule has 1 fully saturated rings. The molecule has 0 spiro atoms. The van der Waals surface area contributed by atoms with Crippen LogP contribution in [-0.4, -0.2) is 66.6 Å². The van der Waals surface area contributed by atoms with Crippen molar-refractivity contribution in [3.63, 3.8) is 0 Å². The standard InChI is InChI=1S/C35H46N6O5S/c1-9-12-27(28-17-19-37-33(38-28)39-30-22-41(20-18-23(30)3)34(42)46-35(5,6)7)32(36-8)45-31-24(4)15-16-25-26(31)13-11-14-29(25)40-47(43,44)21-10-2/h9,11-17,19,23,30,40H,8,10,18,20-22H2,1-7H3,(H,37,38,39)/b12-9-,32-27-. The number of benzene rings is 2. The van der Waals surface area contributed by atoms with Gasteiger partial charge in [-0.3, -0.25) is 4.72 Å². The fourth-order valence-electron chi connectivity index (χ4n) is 5.35. The smallest absolute Gasteiger partial charge is 0.410 e. The summed E-state index contributed by atoms with van der Waals surface area (Å²) in [5.74, 6) is 1.44. The third kappa shape index (κ3) is 9.09. The van der Waals surface area contributed by atoms with E-state index >= 15 is 0 Å². The number of piperidine rings is 1.